The van der Waals surface area contributed by atoms with Crippen LogP contribution in [-0.2, 0) is 12.8 Å². The maximum atomic E-state index is 11.3. The van der Waals surface area contributed by atoms with E-state index in [2.05, 4.69) is 17.6 Å². The molecule has 0 heterocycles. The van der Waals surface area contributed by atoms with Crippen molar-refractivity contribution in [3.63, 3.8) is 0 Å². The molecular formula is C19H23N3O4S. The average Bonchev–Trinajstić information content (AvgIpc) is 2.67. The van der Waals surface area contributed by atoms with Gasteiger partial charge in [0.25, 0.3) is 5.69 Å². The molecule has 0 aliphatic carbocycles. The molecule has 2 aromatic rings. The molecule has 0 saturated carbocycles. The first kappa shape index (κ1) is 20.4. The molecule has 7 nitrogen and oxygen atoms in total. The first-order valence-electron chi connectivity index (χ1n) is 8.52. The lowest BCUT2D eigenvalue weighted by molar-refractivity contribution is -0.385. The number of rotatable bonds is 8. The lowest BCUT2D eigenvalue weighted by Gasteiger charge is -2.14. The number of nitro groups is 1. The van der Waals surface area contributed by atoms with Gasteiger partial charge < -0.3 is 20.1 Å². The normalized spacial score (nSPS) is 10.2. The number of nitro benzene ring substituents is 1. The van der Waals surface area contributed by atoms with Crippen LogP contribution in [0.15, 0.2) is 36.4 Å². The summed E-state index contributed by atoms with van der Waals surface area (Å²) >= 11 is 5.33. The van der Waals surface area contributed by atoms with E-state index in [9.17, 15) is 10.1 Å². The molecule has 144 valence electrons. The molecular weight excluding hydrogens is 366 g/mol. The minimum atomic E-state index is -0.425. The van der Waals surface area contributed by atoms with Gasteiger partial charge in [0.1, 0.15) is 0 Å². The molecule has 0 fully saturated rings. The van der Waals surface area contributed by atoms with E-state index in [4.69, 9.17) is 21.7 Å². The number of thiocarbonyl (C=S) groups is 1. The van der Waals surface area contributed by atoms with Gasteiger partial charge >= 0.3 is 0 Å². The predicted molar refractivity (Wildman–Crippen MR) is 110 cm³/mol. The number of hydrogen-bond donors (Lipinski definition) is 2. The third kappa shape index (κ3) is 5.30. The molecule has 0 unspecified atom stereocenters. The van der Waals surface area contributed by atoms with E-state index >= 15 is 0 Å². The van der Waals surface area contributed by atoms with Crippen LogP contribution in [0.4, 0.5) is 11.4 Å². The van der Waals surface area contributed by atoms with Gasteiger partial charge in [-0.1, -0.05) is 25.1 Å². The van der Waals surface area contributed by atoms with Crippen molar-refractivity contribution in [2.75, 3.05) is 26.1 Å². The molecule has 0 atom stereocenters. The van der Waals surface area contributed by atoms with Crippen molar-refractivity contribution in [2.45, 2.75) is 19.8 Å². The molecule has 0 amide bonds. The van der Waals surface area contributed by atoms with E-state index in [1.54, 1.807) is 6.07 Å². The number of methoxy groups -OCH3 is 2. The molecule has 0 radical (unpaired) electrons. The first-order chi connectivity index (χ1) is 13.0. The Morgan fingerprint density at radius 1 is 1.15 bits per heavy atom. The second-order valence-electron chi connectivity index (χ2n) is 5.73. The fourth-order valence-electron chi connectivity index (χ4n) is 2.71. The topological polar surface area (TPSA) is 85.7 Å². The summed E-state index contributed by atoms with van der Waals surface area (Å²) in [5, 5.41) is 18.1. The standard InChI is InChI=1S/C19H23N3O4S/c1-4-13-7-5-6-8-15(13)21-19(27)20-10-9-14-11-17(25-2)18(26-3)12-16(14)22(23)24/h5-8,11-12H,4,9-10H2,1-3H3,(H2,20,21,27). The SMILES string of the molecule is CCc1ccccc1NC(=S)NCCc1cc(OC)c(OC)cc1[N+](=O)[O-]. The largest absolute Gasteiger partial charge is 0.493 e. The Bertz CT molecular complexity index is 827. The van der Waals surface area contributed by atoms with Crippen molar-refractivity contribution in [3.8, 4) is 11.5 Å². The van der Waals surface area contributed by atoms with Gasteiger partial charge in [0.15, 0.2) is 16.6 Å². The highest BCUT2D eigenvalue weighted by Gasteiger charge is 2.19. The zero-order valence-corrected chi connectivity index (χ0v) is 16.4. The number of nitrogens with zero attached hydrogens (tertiary/aromatic N) is 1. The third-order valence-electron chi connectivity index (χ3n) is 4.11. The van der Waals surface area contributed by atoms with Crippen LogP contribution < -0.4 is 20.1 Å². The minimum absolute atomic E-state index is 0.00958. The highest BCUT2D eigenvalue weighted by Crippen LogP contribution is 2.34. The average molecular weight is 389 g/mol. The van der Waals surface area contributed by atoms with Gasteiger partial charge in [-0.25, -0.2) is 0 Å². The summed E-state index contributed by atoms with van der Waals surface area (Å²) in [6.07, 6.45) is 1.30. The Morgan fingerprint density at radius 2 is 1.81 bits per heavy atom. The summed E-state index contributed by atoms with van der Waals surface area (Å²) in [5.41, 5.74) is 2.65. The van der Waals surface area contributed by atoms with Gasteiger partial charge in [0.05, 0.1) is 25.2 Å². The quantitative estimate of drug-likeness (QED) is 0.404. The van der Waals surface area contributed by atoms with Crippen molar-refractivity contribution < 1.29 is 14.4 Å². The number of hydrogen-bond acceptors (Lipinski definition) is 5. The number of aryl methyl sites for hydroxylation is 1. The number of ether oxygens (including phenoxy) is 2. The summed E-state index contributed by atoms with van der Waals surface area (Å²) < 4.78 is 10.4. The van der Waals surface area contributed by atoms with Crippen molar-refractivity contribution in [2.24, 2.45) is 0 Å². The van der Waals surface area contributed by atoms with E-state index in [-0.39, 0.29) is 5.69 Å². The number of benzene rings is 2. The molecule has 0 spiro atoms. The van der Waals surface area contributed by atoms with E-state index in [0.29, 0.717) is 35.1 Å². The zero-order valence-electron chi connectivity index (χ0n) is 15.6. The summed E-state index contributed by atoms with van der Waals surface area (Å²) in [6.45, 7) is 2.52. The summed E-state index contributed by atoms with van der Waals surface area (Å²) in [4.78, 5) is 10.9. The van der Waals surface area contributed by atoms with Crippen molar-refractivity contribution in [1.82, 2.24) is 5.32 Å². The molecule has 8 heteroatoms. The maximum absolute atomic E-state index is 11.3. The third-order valence-corrected chi connectivity index (χ3v) is 4.35. The summed E-state index contributed by atoms with van der Waals surface area (Å²) in [7, 11) is 2.94. The van der Waals surface area contributed by atoms with Gasteiger partial charge in [0, 0.05) is 17.8 Å². The van der Waals surface area contributed by atoms with E-state index in [1.165, 1.54) is 20.3 Å². The lowest BCUT2D eigenvalue weighted by Crippen LogP contribution is -2.30. The highest BCUT2D eigenvalue weighted by molar-refractivity contribution is 7.80. The van der Waals surface area contributed by atoms with Crippen molar-refractivity contribution in [1.29, 1.82) is 0 Å². The molecule has 27 heavy (non-hydrogen) atoms. The molecule has 2 aromatic carbocycles. The van der Waals surface area contributed by atoms with Crippen LogP contribution >= 0.6 is 12.2 Å². The molecule has 0 aromatic heterocycles. The molecule has 0 bridgehead atoms. The number of para-hydroxylation sites is 1. The number of nitrogens with one attached hydrogen (secondary N) is 2. The molecule has 0 aliphatic heterocycles. The van der Waals surface area contributed by atoms with Crippen molar-refractivity contribution in [3.05, 3.63) is 57.6 Å². The van der Waals surface area contributed by atoms with Crippen LogP contribution in [0, 0.1) is 10.1 Å². The predicted octanol–water partition coefficient (Wildman–Crippen LogP) is 3.70. The van der Waals surface area contributed by atoms with Crippen LogP contribution in [0.2, 0.25) is 0 Å². The monoisotopic (exact) mass is 389 g/mol. The Hall–Kier alpha value is -2.87. The Labute approximate surface area is 163 Å². The molecule has 2 N–H and O–H groups in total. The van der Waals surface area contributed by atoms with E-state index in [1.807, 2.05) is 24.3 Å². The fourth-order valence-corrected chi connectivity index (χ4v) is 2.92. The van der Waals surface area contributed by atoms with Crippen LogP contribution in [0.1, 0.15) is 18.1 Å². The first-order valence-corrected chi connectivity index (χ1v) is 8.93. The van der Waals surface area contributed by atoms with E-state index in [0.717, 1.165) is 17.7 Å². The smallest absolute Gasteiger partial charge is 0.276 e. The summed E-state index contributed by atoms with van der Waals surface area (Å²) in [6, 6.07) is 10.9. The second-order valence-corrected chi connectivity index (χ2v) is 6.14. The maximum Gasteiger partial charge on any atom is 0.276 e. The van der Waals surface area contributed by atoms with E-state index < -0.39 is 4.92 Å². The highest BCUT2D eigenvalue weighted by atomic mass is 32.1. The molecule has 0 saturated heterocycles. The van der Waals surface area contributed by atoms with Gasteiger partial charge in [-0.05, 0) is 42.8 Å². The van der Waals surface area contributed by atoms with Crippen LogP contribution in [-0.4, -0.2) is 30.8 Å². The zero-order chi connectivity index (χ0) is 19.8. The van der Waals surface area contributed by atoms with Gasteiger partial charge in [-0.15, -0.1) is 0 Å². The summed E-state index contributed by atoms with van der Waals surface area (Å²) in [5.74, 6) is 0.782. The van der Waals surface area contributed by atoms with Crippen molar-refractivity contribution >= 4 is 28.7 Å². The van der Waals surface area contributed by atoms with Gasteiger partial charge in [0.2, 0.25) is 0 Å². The van der Waals surface area contributed by atoms with Gasteiger partial charge in [-0.2, -0.15) is 0 Å². The fraction of sp³-hybridized carbons (Fsp3) is 0.316. The molecule has 0 aliphatic rings. The van der Waals surface area contributed by atoms with Crippen LogP contribution in [0.3, 0.4) is 0 Å². The Morgan fingerprint density at radius 3 is 2.44 bits per heavy atom. The molecule has 2 rings (SSSR count). The minimum Gasteiger partial charge on any atom is -0.493 e. The van der Waals surface area contributed by atoms with Gasteiger partial charge in [-0.3, -0.25) is 10.1 Å². The number of anilines is 1. The van der Waals surface area contributed by atoms with Crippen LogP contribution in [0.25, 0.3) is 0 Å². The Kier molecular flexibility index (Phi) is 7.36. The van der Waals surface area contributed by atoms with Crippen LogP contribution in [0.5, 0.6) is 11.5 Å². The lowest BCUT2D eigenvalue weighted by atomic mass is 10.1. The second kappa shape index (κ2) is 9.72. The Balaban J connectivity index is 2.03.